The maximum absolute atomic E-state index is 11.7. The summed E-state index contributed by atoms with van der Waals surface area (Å²) in [4.78, 5) is 0. The summed E-state index contributed by atoms with van der Waals surface area (Å²) in [6.07, 6.45) is 11.3. The molecule has 0 radical (unpaired) electrons. The molecular formula is C16H32Cl2O3Se. The van der Waals surface area contributed by atoms with E-state index >= 15 is 0 Å². The van der Waals surface area contributed by atoms with Gasteiger partial charge >= 0.3 is 151 Å². The van der Waals surface area contributed by atoms with Crippen molar-refractivity contribution in [3.8, 4) is 0 Å². The molecule has 0 heterocycles. The van der Waals surface area contributed by atoms with Crippen LogP contribution in [0.1, 0.15) is 78.1 Å². The first-order chi connectivity index (χ1) is 10.6. The monoisotopic (exact) mass is 422 g/mol. The van der Waals surface area contributed by atoms with E-state index in [4.69, 9.17) is 30.8 Å². The molecule has 22 heavy (non-hydrogen) atoms. The average molecular weight is 422 g/mol. The molecule has 0 spiro atoms. The summed E-state index contributed by atoms with van der Waals surface area (Å²) in [6, 6.07) is 0. The average Bonchev–Trinajstić information content (AvgIpc) is 2.51. The van der Waals surface area contributed by atoms with Crippen LogP contribution in [-0.2, 0) is 11.5 Å². The number of hydrogen-bond donors (Lipinski definition) is 0. The van der Waals surface area contributed by atoms with E-state index in [1.165, 1.54) is 38.5 Å². The van der Waals surface area contributed by atoms with Crippen LogP contribution in [0.25, 0.3) is 0 Å². The quantitative estimate of drug-likeness (QED) is 0.185. The molecule has 2 unspecified atom stereocenters. The van der Waals surface area contributed by atoms with Gasteiger partial charge in [-0.2, -0.15) is 0 Å². The molecule has 0 fully saturated rings. The van der Waals surface area contributed by atoms with Crippen molar-refractivity contribution in [2.24, 2.45) is 0 Å². The third kappa shape index (κ3) is 15.7. The SMILES string of the molecule is CCCCCCC(Cl)CO[Se](=O)OCC(Cl)CCCCCC. The number of halogens is 2. The Kier molecular flexibility index (Phi) is 17.3. The van der Waals surface area contributed by atoms with Gasteiger partial charge in [0.05, 0.1) is 0 Å². The predicted octanol–water partition coefficient (Wildman–Crippen LogP) is 5.59. The van der Waals surface area contributed by atoms with Crippen LogP contribution < -0.4 is 0 Å². The Morgan fingerprint density at radius 1 is 0.773 bits per heavy atom. The summed E-state index contributed by atoms with van der Waals surface area (Å²) < 4.78 is 22.1. The van der Waals surface area contributed by atoms with Gasteiger partial charge < -0.3 is 0 Å². The van der Waals surface area contributed by atoms with Crippen LogP contribution in [0.15, 0.2) is 0 Å². The number of alkyl halides is 2. The molecule has 3 nitrogen and oxygen atoms in total. The second-order valence-corrected chi connectivity index (χ2v) is 8.75. The summed E-state index contributed by atoms with van der Waals surface area (Å²) in [6.45, 7) is 4.95. The molecule has 0 amide bonds. The molecular weight excluding hydrogens is 390 g/mol. The van der Waals surface area contributed by atoms with Crippen LogP contribution in [0.4, 0.5) is 0 Å². The fraction of sp³-hybridized carbons (Fsp3) is 1.00. The zero-order valence-corrected chi connectivity index (χ0v) is 17.3. The summed E-state index contributed by atoms with van der Waals surface area (Å²) >= 11 is 9.59. The number of rotatable bonds is 16. The van der Waals surface area contributed by atoms with Gasteiger partial charge in [0.25, 0.3) is 0 Å². The van der Waals surface area contributed by atoms with Gasteiger partial charge in [0.15, 0.2) is 0 Å². The van der Waals surface area contributed by atoms with Crippen molar-refractivity contribution < 1.29 is 11.5 Å². The van der Waals surface area contributed by atoms with Gasteiger partial charge in [-0.05, 0) is 0 Å². The predicted molar refractivity (Wildman–Crippen MR) is 95.1 cm³/mol. The maximum atomic E-state index is 11.7. The van der Waals surface area contributed by atoms with E-state index in [2.05, 4.69) is 13.8 Å². The summed E-state index contributed by atoms with van der Waals surface area (Å²) in [5, 5.41) is -0.164. The van der Waals surface area contributed by atoms with Gasteiger partial charge in [-0.1, -0.05) is 0 Å². The molecule has 0 aromatic heterocycles. The third-order valence-electron chi connectivity index (χ3n) is 3.43. The molecule has 0 aliphatic rings. The van der Waals surface area contributed by atoms with E-state index in [1.807, 2.05) is 0 Å². The first-order valence-corrected chi connectivity index (χ1v) is 11.5. The zero-order chi connectivity index (χ0) is 16.6. The van der Waals surface area contributed by atoms with Crippen molar-refractivity contribution in [1.82, 2.24) is 0 Å². The summed E-state index contributed by atoms with van der Waals surface area (Å²) in [5.41, 5.74) is 0. The van der Waals surface area contributed by atoms with Crippen molar-refractivity contribution in [3.05, 3.63) is 0 Å². The van der Waals surface area contributed by atoms with E-state index in [0.717, 1.165) is 25.7 Å². The van der Waals surface area contributed by atoms with Crippen LogP contribution >= 0.6 is 23.2 Å². The van der Waals surface area contributed by atoms with E-state index < -0.39 is 14.5 Å². The number of unbranched alkanes of at least 4 members (excludes halogenated alkanes) is 6. The molecule has 2 atom stereocenters. The van der Waals surface area contributed by atoms with Crippen molar-refractivity contribution in [2.45, 2.75) is 88.8 Å². The van der Waals surface area contributed by atoms with E-state index in [0.29, 0.717) is 13.2 Å². The zero-order valence-electron chi connectivity index (χ0n) is 14.0. The van der Waals surface area contributed by atoms with Crippen LogP contribution in [0, 0.1) is 0 Å². The normalized spacial score (nSPS) is 15.6. The summed E-state index contributed by atoms with van der Waals surface area (Å²) in [5.74, 6) is 0. The third-order valence-corrected chi connectivity index (χ3v) is 5.50. The molecule has 0 aliphatic heterocycles. The Bertz CT molecular complexity index is 244. The van der Waals surface area contributed by atoms with Gasteiger partial charge in [-0.15, -0.1) is 0 Å². The van der Waals surface area contributed by atoms with Gasteiger partial charge in [0.2, 0.25) is 0 Å². The van der Waals surface area contributed by atoms with E-state index in [-0.39, 0.29) is 10.8 Å². The Morgan fingerprint density at radius 2 is 1.18 bits per heavy atom. The van der Waals surface area contributed by atoms with E-state index in [1.54, 1.807) is 0 Å². The van der Waals surface area contributed by atoms with Crippen LogP contribution in [0.3, 0.4) is 0 Å². The Labute approximate surface area is 151 Å². The molecule has 0 aromatic carbocycles. The molecule has 0 saturated carbocycles. The fourth-order valence-corrected chi connectivity index (χ4v) is 4.12. The minimum absolute atomic E-state index is 0.0819. The van der Waals surface area contributed by atoms with Crippen molar-refractivity contribution in [3.63, 3.8) is 0 Å². The van der Waals surface area contributed by atoms with Crippen molar-refractivity contribution in [2.75, 3.05) is 13.2 Å². The minimum atomic E-state index is -2.69. The van der Waals surface area contributed by atoms with Crippen molar-refractivity contribution >= 4 is 37.7 Å². The Morgan fingerprint density at radius 3 is 1.55 bits per heavy atom. The first-order valence-electron chi connectivity index (χ1n) is 8.56. The van der Waals surface area contributed by atoms with Gasteiger partial charge in [-0.3, -0.25) is 0 Å². The topological polar surface area (TPSA) is 35.5 Å². The molecule has 0 bridgehead atoms. The van der Waals surface area contributed by atoms with Crippen molar-refractivity contribution in [1.29, 1.82) is 0 Å². The molecule has 0 N–H and O–H groups in total. The van der Waals surface area contributed by atoms with Crippen LogP contribution in [0.5, 0.6) is 0 Å². The van der Waals surface area contributed by atoms with Gasteiger partial charge in [0.1, 0.15) is 0 Å². The van der Waals surface area contributed by atoms with Gasteiger partial charge in [-0.25, -0.2) is 0 Å². The van der Waals surface area contributed by atoms with Crippen LogP contribution in [0.2, 0.25) is 0 Å². The summed E-state index contributed by atoms with van der Waals surface area (Å²) in [7, 11) is 0. The Balaban J connectivity index is 3.51. The fourth-order valence-electron chi connectivity index (χ4n) is 2.04. The molecule has 6 heteroatoms. The molecule has 0 aromatic rings. The second-order valence-electron chi connectivity index (χ2n) is 5.67. The number of hydrogen-bond acceptors (Lipinski definition) is 3. The first kappa shape index (κ1) is 22.8. The standard InChI is InChI=1S/C16H32Cl2O3Se/c1-3-5-7-9-11-15(17)13-20-22(19)21-14-16(18)12-10-8-6-4-2/h15-16H,3-14H2,1-2H3. The molecule has 134 valence electrons. The Hall–Kier alpha value is 0.819. The van der Waals surface area contributed by atoms with Crippen LogP contribution in [-0.4, -0.2) is 38.5 Å². The molecule has 0 rings (SSSR count). The molecule has 0 aliphatic carbocycles. The second kappa shape index (κ2) is 16.7. The molecule has 0 saturated heterocycles. The van der Waals surface area contributed by atoms with Gasteiger partial charge in [0, 0.05) is 0 Å². The van der Waals surface area contributed by atoms with E-state index in [9.17, 15) is 3.83 Å².